The van der Waals surface area contributed by atoms with Gasteiger partial charge in [-0.15, -0.1) is 0 Å². The Balaban J connectivity index is 1.97. The number of benzene rings is 1. The number of anilines is 2. The summed E-state index contributed by atoms with van der Waals surface area (Å²) in [5.74, 6) is -0.0868. The number of urea groups is 1. The Bertz CT molecular complexity index is 922. The first kappa shape index (κ1) is 19.8. The molecule has 1 aromatic carbocycles. The van der Waals surface area contributed by atoms with Gasteiger partial charge in [0.1, 0.15) is 16.9 Å². The number of rotatable bonds is 4. The minimum atomic E-state index is -0.363. The van der Waals surface area contributed by atoms with E-state index < -0.39 is 0 Å². The Morgan fingerprint density at radius 1 is 1.29 bits per heavy atom. The Hall–Kier alpha value is -2.92. The lowest BCUT2D eigenvalue weighted by Crippen LogP contribution is -2.49. The number of carbonyl (C=O) groups is 1. The summed E-state index contributed by atoms with van der Waals surface area (Å²) in [5.41, 5.74) is 0.418. The Labute approximate surface area is 167 Å². The first-order valence-corrected chi connectivity index (χ1v) is 9.12. The Morgan fingerprint density at radius 3 is 2.57 bits per heavy atom. The molecule has 0 N–H and O–H groups in total. The molecule has 0 bridgehead atoms. The van der Waals surface area contributed by atoms with Crippen LogP contribution in [0.15, 0.2) is 30.5 Å². The lowest BCUT2D eigenvalue weighted by atomic mass is 9.96. The van der Waals surface area contributed by atoms with Crippen LogP contribution in [0.3, 0.4) is 0 Å². The molecule has 1 aromatic heterocycles. The van der Waals surface area contributed by atoms with E-state index in [1.54, 1.807) is 27.1 Å². The third-order valence-electron chi connectivity index (χ3n) is 4.11. The first-order valence-electron chi connectivity index (χ1n) is 8.74. The van der Waals surface area contributed by atoms with Crippen LogP contribution in [0.5, 0.6) is 0 Å². The zero-order chi connectivity index (χ0) is 20.5. The lowest BCUT2D eigenvalue weighted by molar-refractivity contribution is 0.207. The SMILES string of the molecule is CC(C)(C)CN(c1nc(C#N)ncc1Cl)N1CCN(c2ccc(F)cc2)C1=O. The maximum Gasteiger partial charge on any atom is 0.343 e. The molecule has 9 heteroatoms. The van der Waals surface area contributed by atoms with Gasteiger partial charge < -0.3 is 0 Å². The fraction of sp³-hybridized carbons (Fsp3) is 0.368. The van der Waals surface area contributed by atoms with Crippen LogP contribution in [0.4, 0.5) is 20.7 Å². The van der Waals surface area contributed by atoms with Crippen molar-refractivity contribution >= 4 is 29.1 Å². The van der Waals surface area contributed by atoms with E-state index in [1.165, 1.54) is 18.3 Å². The van der Waals surface area contributed by atoms with Crippen LogP contribution in [0.25, 0.3) is 0 Å². The molecule has 0 unspecified atom stereocenters. The molecule has 146 valence electrons. The van der Waals surface area contributed by atoms with Crippen molar-refractivity contribution in [1.82, 2.24) is 15.0 Å². The summed E-state index contributed by atoms with van der Waals surface area (Å²) in [6.07, 6.45) is 1.36. The molecule has 1 saturated heterocycles. The summed E-state index contributed by atoms with van der Waals surface area (Å²) < 4.78 is 13.2. The first-order chi connectivity index (χ1) is 13.2. The summed E-state index contributed by atoms with van der Waals surface area (Å²) in [5, 5.41) is 12.6. The van der Waals surface area contributed by atoms with Gasteiger partial charge in [0.25, 0.3) is 0 Å². The number of carbonyl (C=O) groups excluding carboxylic acids is 1. The van der Waals surface area contributed by atoms with E-state index in [4.69, 9.17) is 16.9 Å². The summed E-state index contributed by atoms with van der Waals surface area (Å²) >= 11 is 6.30. The molecule has 0 aliphatic carbocycles. The molecule has 2 aromatic rings. The van der Waals surface area contributed by atoms with Crippen LogP contribution in [0.1, 0.15) is 26.6 Å². The highest BCUT2D eigenvalue weighted by Crippen LogP contribution is 2.31. The number of nitriles is 1. The second-order valence-electron chi connectivity index (χ2n) is 7.63. The normalized spacial score (nSPS) is 14.4. The van der Waals surface area contributed by atoms with Crippen LogP contribution in [-0.2, 0) is 0 Å². The van der Waals surface area contributed by atoms with Crippen molar-refractivity contribution in [2.75, 3.05) is 29.5 Å². The van der Waals surface area contributed by atoms with Gasteiger partial charge in [0.05, 0.1) is 12.7 Å². The van der Waals surface area contributed by atoms with Crippen molar-refractivity contribution in [3.05, 3.63) is 47.1 Å². The van der Waals surface area contributed by atoms with Crippen LogP contribution in [-0.4, -0.2) is 40.6 Å². The predicted molar refractivity (Wildman–Crippen MR) is 104 cm³/mol. The molecule has 1 aliphatic heterocycles. The van der Waals surface area contributed by atoms with Gasteiger partial charge in [-0.2, -0.15) is 10.2 Å². The van der Waals surface area contributed by atoms with E-state index in [-0.39, 0.29) is 28.1 Å². The molecule has 2 heterocycles. The van der Waals surface area contributed by atoms with E-state index >= 15 is 0 Å². The Morgan fingerprint density at radius 2 is 1.96 bits per heavy atom. The number of nitrogens with zero attached hydrogens (tertiary/aromatic N) is 6. The molecule has 1 aliphatic rings. The average molecular weight is 403 g/mol. The third-order valence-corrected chi connectivity index (χ3v) is 4.38. The molecule has 2 amide bonds. The van der Waals surface area contributed by atoms with E-state index in [0.29, 0.717) is 31.1 Å². The topological polar surface area (TPSA) is 76.4 Å². The predicted octanol–water partition coefficient (Wildman–Crippen LogP) is 3.85. The summed E-state index contributed by atoms with van der Waals surface area (Å²) in [4.78, 5) is 22.8. The Kier molecular flexibility index (Phi) is 5.38. The van der Waals surface area contributed by atoms with E-state index in [9.17, 15) is 9.18 Å². The lowest BCUT2D eigenvalue weighted by Gasteiger charge is -2.37. The molecule has 3 rings (SSSR count). The van der Waals surface area contributed by atoms with Gasteiger partial charge in [0.2, 0.25) is 5.82 Å². The minimum absolute atomic E-state index is 0.0275. The van der Waals surface area contributed by atoms with Crippen LogP contribution in [0.2, 0.25) is 5.02 Å². The van der Waals surface area contributed by atoms with E-state index in [2.05, 4.69) is 9.97 Å². The van der Waals surface area contributed by atoms with Crippen LogP contribution in [0, 0.1) is 22.6 Å². The number of amides is 2. The van der Waals surface area contributed by atoms with Gasteiger partial charge in [0.15, 0.2) is 5.82 Å². The molecule has 1 fully saturated rings. The van der Waals surface area contributed by atoms with Gasteiger partial charge >= 0.3 is 6.03 Å². The summed E-state index contributed by atoms with van der Waals surface area (Å²) in [6.45, 7) is 7.35. The smallest absolute Gasteiger partial charge is 0.291 e. The highest BCUT2D eigenvalue weighted by molar-refractivity contribution is 6.32. The van der Waals surface area contributed by atoms with Gasteiger partial charge in [-0.25, -0.2) is 19.2 Å². The van der Waals surface area contributed by atoms with Crippen molar-refractivity contribution < 1.29 is 9.18 Å². The summed E-state index contributed by atoms with van der Waals surface area (Å²) in [7, 11) is 0. The van der Waals surface area contributed by atoms with Crippen molar-refractivity contribution in [2.45, 2.75) is 20.8 Å². The monoisotopic (exact) mass is 402 g/mol. The number of hydrogen-bond acceptors (Lipinski definition) is 5. The third kappa shape index (κ3) is 4.15. The van der Waals surface area contributed by atoms with Gasteiger partial charge in [-0.05, 0) is 29.7 Å². The van der Waals surface area contributed by atoms with Crippen molar-refractivity contribution in [1.29, 1.82) is 5.26 Å². The highest BCUT2D eigenvalue weighted by atomic mass is 35.5. The van der Waals surface area contributed by atoms with Crippen LogP contribution >= 0.6 is 11.6 Å². The fourth-order valence-corrected chi connectivity index (χ4v) is 3.12. The van der Waals surface area contributed by atoms with E-state index in [0.717, 1.165) is 0 Å². The van der Waals surface area contributed by atoms with Crippen molar-refractivity contribution in [2.24, 2.45) is 5.41 Å². The zero-order valence-corrected chi connectivity index (χ0v) is 16.6. The number of aromatic nitrogens is 2. The second-order valence-corrected chi connectivity index (χ2v) is 8.04. The number of halogens is 2. The summed E-state index contributed by atoms with van der Waals surface area (Å²) in [6, 6.07) is 7.39. The number of hydrazine groups is 1. The molecular weight excluding hydrogens is 383 g/mol. The second kappa shape index (κ2) is 7.60. The zero-order valence-electron chi connectivity index (χ0n) is 15.9. The number of hydrogen-bond donors (Lipinski definition) is 0. The molecule has 0 saturated carbocycles. The average Bonchev–Trinajstić information content (AvgIpc) is 3.01. The van der Waals surface area contributed by atoms with Crippen molar-refractivity contribution in [3.63, 3.8) is 0 Å². The molecule has 0 spiro atoms. The fourth-order valence-electron chi connectivity index (χ4n) is 2.93. The largest absolute Gasteiger partial charge is 0.343 e. The van der Waals surface area contributed by atoms with Gasteiger partial charge in [-0.3, -0.25) is 9.91 Å². The minimum Gasteiger partial charge on any atom is -0.291 e. The van der Waals surface area contributed by atoms with E-state index in [1.807, 2.05) is 26.8 Å². The van der Waals surface area contributed by atoms with Gasteiger partial charge in [-0.1, -0.05) is 32.4 Å². The standard InChI is InChI=1S/C19H20ClFN6O/c1-19(2,3)12-27(17-15(20)11-23-16(10-22)24-17)26-9-8-25(18(26)28)14-6-4-13(21)5-7-14/h4-7,11H,8-9,12H2,1-3H3. The quantitative estimate of drug-likeness (QED) is 0.776. The van der Waals surface area contributed by atoms with Crippen molar-refractivity contribution in [3.8, 4) is 6.07 Å². The van der Waals surface area contributed by atoms with Gasteiger partial charge in [0, 0.05) is 18.8 Å². The molecule has 28 heavy (non-hydrogen) atoms. The van der Waals surface area contributed by atoms with Crippen LogP contribution < -0.4 is 9.91 Å². The molecular formula is C19H20ClFN6O. The molecule has 7 nitrogen and oxygen atoms in total. The molecule has 0 radical (unpaired) electrons. The maximum absolute atomic E-state index is 13.2. The molecule has 0 atom stereocenters. The maximum atomic E-state index is 13.2. The highest BCUT2D eigenvalue weighted by Gasteiger charge is 2.37.